The molecule has 0 aliphatic heterocycles. The van der Waals surface area contributed by atoms with E-state index < -0.39 is 5.56 Å². The molecule has 0 spiro atoms. The Bertz CT molecular complexity index is 1610. The number of rotatable bonds is 3. The number of fused-ring (bicyclic) bond motifs is 1. The average molecular weight is 468 g/mol. The summed E-state index contributed by atoms with van der Waals surface area (Å²) in [5, 5.41) is 5.27. The minimum Gasteiger partial charge on any atom is -0.457 e. The lowest BCUT2D eigenvalue weighted by atomic mass is 10.2. The Morgan fingerprint density at radius 3 is 2.61 bits per heavy atom. The van der Waals surface area contributed by atoms with Crippen LogP contribution in [0.15, 0.2) is 74.7 Å². The van der Waals surface area contributed by atoms with Gasteiger partial charge in [0, 0.05) is 22.2 Å². The lowest BCUT2D eigenvalue weighted by Crippen LogP contribution is -2.26. The van der Waals surface area contributed by atoms with E-state index in [2.05, 4.69) is 10.1 Å². The number of hydrogen-bond acceptors (Lipinski definition) is 6. The molecule has 0 amide bonds. The van der Waals surface area contributed by atoms with Gasteiger partial charge in [-0.1, -0.05) is 64.9 Å². The fraction of sp³-hybridized carbons (Fsp3) is 0. The summed E-state index contributed by atoms with van der Waals surface area (Å²) in [4.78, 5) is 29.5. The van der Waals surface area contributed by atoms with Crippen molar-refractivity contribution in [1.82, 2.24) is 14.6 Å². The first-order valence-corrected chi connectivity index (χ1v) is 10.6. The molecule has 0 atom stereocenters. The molecule has 5 aromatic rings. The molecule has 0 N–H and O–H groups in total. The van der Waals surface area contributed by atoms with Crippen molar-refractivity contribution in [1.29, 1.82) is 0 Å². The maximum Gasteiger partial charge on any atom is 0.300 e. The summed E-state index contributed by atoms with van der Waals surface area (Å²) >= 11 is 13.3. The highest BCUT2D eigenvalue weighted by atomic mass is 35.5. The molecule has 152 valence electrons. The molecule has 6 nitrogen and oxygen atoms in total. The molecule has 9 heteroatoms. The summed E-state index contributed by atoms with van der Waals surface area (Å²) in [6.45, 7) is 0. The average Bonchev–Trinajstić information content (AvgIpc) is 3.35. The van der Waals surface area contributed by atoms with Gasteiger partial charge in [0.2, 0.25) is 4.96 Å². The predicted octanol–water partition coefficient (Wildman–Crippen LogP) is 4.29. The molecule has 5 rings (SSSR count). The van der Waals surface area contributed by atoms with E-state index in [0.29, 0.717) is 37.2 Å². The first-order valence-electron chi connectivity index (χ1n) is 9.06. The van der Waals surface area contributed by atoms with Gasteiger partial charge in [-0.05, 0) is 30.3 Å². The Morgan fingerprint density at radius 2 is 1.81 bits per heavy atom. The van der Waals surface area contributed by atoms with Crippen LogP contribution in [0.3, 0.4) is 0 Å². The Balaban J connectivity index is 1.61. The molecule has 0 aliphatic carbocycles. The second-order valence-electron chi connectivity index (χ2n) is 6.57. The highest BCUT2D eigenvalue weighted by Crippen LogP contribution is 2.31. The van der Waals surface area contributed by atoms with Crippen molar-refractivity contribution in [2.75, 3.05) is 0 Å². The summed E-state index contributed by atoms with van der Waals surface area (Å²) < 4.78 is 7.31. The molecule has 0 unspecified atom stereocenters. The van der Waals surface area contributed by atoms with Crippen molar-refractivity contribution in [2.24, 2.45) is 0 Å². The Hall–Kier alpha value is -3.26. The van der Waals surface area contributed by atoms with Crippen molar-refractivity contribution in [3.8, 4) is 22.6 Å². The quantitative estimate of drug-likeness (QED) is 0.395. The van der Waals surface area contributed by atoms with E-state index in [1.165, 1.54) is 0 Å². The second kappa shape index (κ2) is 7.77. The van der Waals surface area contributed by atoms with Crippen LogP contribution in [-0.4, -0.2) is 14.6 Å². The first-order chi connectivity index (χ1) is 15.0. The van der Waals surface area contributed by atoms with Crippen LogP contribution in [0.1, 0.15) is 5.76 Å². The maximum absolute atomic E-state index is 12.9. The van der Waals surface area contributed by atoms with Crippen LogP contribution in [0.2, 0.25) is 10.0 Å². The van der Waals surface area contributed by atoms with Crippen LogP contribution in [0, 0.1) is 0 Å². The SMILES string of the molecule is O=c1nc2s/c(=C\c3ccc(-c4cc(Cl)ccc4Cl)o3)c(=O)n2nc1-c1ccccc1. The van der Waals surface area contributed by atoms with Gasteiger partial charge in [0.25, 0.3) is 5.56 Å². The van der Waals surface area contributed by atoms with Crippen LogP contribution in [0.4, 0.5) is 0 Å². The van der Waals surface area contributed by atoms with Gasteiger partial charge in [0.05, 0.1) is 5.02 Å². The molecule has 0 saturated carbocycles. The third-order valence-corrected chi connectivity index (χ3v) is 6.05. The van der Waals surface area contributed by atoms with Gasteiger partial charge >= 0.3 is 5.56 Å². The minimum atomic E-state index is -0.491. The third-order valence-electron chi connectivity index (χ3n) is 4.53. The van der Waals surface area contributed by atoms with Gasteiger partial charge in [-0.15, -0.1) is 0 Å². The lowest BCUT2D eigenvalue weighted by Gasteiger charge is -2.00. The molecule has 3 heterocycles. The van der Waals surface area contributed by atoms with E-state index in [4.69, 9.17) is 27.6 Å². The monoisotopic (exact) mass is 467 g/mol. The molecule has 0 radical (unpaired) electrons. The van der Waals surface area contributed by atoms with Crippen molar-refractivity contribution >= 4 is 45.6 Å². The van der Waals surface area contributed by atoms with E-state index in [9.17, 15) is 9.59 Å². The fourth-order valence-electron chi connectivity index (χ4n) is 3.08. The molecule has 31 heavy (non-hydrogen) atoms. The number of halogens is 2. The molecule has 0 fully saturated rings. The number of thiazole rings is 1. The number of hydrogen-bond donors (Lipinski definition) is 0. The van der Waals surface area contributed by atoms with E-state index >= 15 is 0 Å². The second-order valence-corrected chi connectivity index (χ2v) is 8.42. The summed E-state index contributed by atoms with van der Waals surface area (Å²) in [5.74, 6) is 0.963. The van der Waals surface area contributed by atoms with Crippen LogP contribution >= 0.6 is 34.5 Å². The zero-order valence-corrected chi connectivity index (χ0v) is 17.9. The van der Waals surface area contributed by atoms with Crippen LogP contribution in [0.5, 0.6) is 0 Å². The van der Waals surface area contributed by atoms with Gasteiger partial charge in [-0.2, -0.15) is 14.6 Å². The topological polar surface area (TPSA) is 77.5 Å². The molecule has 2 aromatic carbocycles. The standard InChI is InChI=1S/C22H11Cl2N3O3S/c23-13-6-8-16(24)15(10-13)17-9-7-14(30-17)11-18-21(29)27-22(31-18)25-20(28)19(26-27)12-4-2-1-3-5-12/h1-11H/b18-11-. The molecule has 3 aromatic heterocycles. The maximum atomic E-state index is 12.9. The smallest absolute Gasteiger partial charge is 0.300 e. The van der Waals surface area contributed by atoms with Gasteiger partial charge in [-0.3, -0.25) is 9.59 Å². The number of furan rings is 1. The van der Waals surface area contributed by atoms with E-state index in [0.717, 1.165) is 15.9 Å². The van der Waals surface area contributed by atoms with Gasteiger partial charge in [0.1, 0.15) is 16.1 Å². The highest BCUT2D eigenvalue weighted by molar-refractivity contribution is 7.15. The minimum absolute atomic E-state index is 0.121. The number of nitrogens with zero attached hydrogens (tertiary/aromatic N) is 3. The summed E-state index contributed by atoms with van der Waals surface area (Å²) in [5.41, 5.74) is 0.488. The molecular formula is C22H11Cl2N3O3S. The third kappa shape index (κ3) is 3.67. The van der Waals surface area contributed by atoms with Gasteiger partial charge < -0.3 is 4.42 Å². The summed E-state index contributed by atoms with van der Waals surface area (Å²) in [6.07, 6.45) is 1.58. The molecule has 0 aliphatic rings. The highest BCUT2D eigenvalue weighted by Gasteiger charge is 2.13. The summed E-state index contributed by atoms with van der Waals surface area (Å²) in [6, 6.07) is 17.4. The zero-order chi connectivity index (χ0) is 21.5. The molecule has 0 bridgehead atoms. The van der Waals surface area contributed by atoms with Gasteiger partial charge in [-0.25, -0.2) is 0 Å². The number of benzene rings is 2. The van der Waals surface area contributed by atoms with Crippen LogP contribution in [-0.2, 0) is 0 Å². The van der Waals surface area contributed by atoms with Crippen molar-refractivity contribution in [2.45, 2.75) is 0 Å². The Morgan fingerprint density at radius 1 is 1.00 bits per heavy atom. The van der Waals surface area contributed by atoms with Crippen molar-refractivity contribution in [3.63, 3.8) is 0 Å². The molecule has 0 saturated heterocycles. The van der Waals surface area contributed by atoms with E-state index in [1.807, 2.05) is 6.07 Å². The van der Waals surface area contributed by atoms with E-state index in [-0.39, 0.29) is 16.2 Å². The fourth-order valence-corrected chi connectivity index (χ4v) is 4.34. The Kier molecular flexibility index (Phi) is 4.94. The normalized spacial score (nSPS) is 12.0. The van der Waals surface area contributed by atoms with Crippen molar-refractivity contribution < 1.29 is 4.42 Å². The molecular weight excluding hydrogens is 457 g/mol. The lowest BCUT2D eigenvalue weighted by molar-refractivity contribution is 0.571. The predicted molar refractivity (Wildman–Crippen MR) is 122 cm³/mol. The van der Waals surface area contributed by atoms with Crippen LogP contribution in [0.25, 0.3) is 33.6 Å². The van der Waals surface area contributed by atoms with E-state index in [1.54, 1.807) is 60.7 Å². The summed E-state index contributed by atoms with van der Waals surface area (Å²) in [7, 11) is 0. The van der Waals surface area contributed by atoms with Crippen LogP contribution < -0.4 is 15.7 Å². The largest absolute Gasteiger partial charge is 0.457 e. The Labute approximate surface area is 188 Å². The first kappa shape index (κ1) is 19.7. The van der Waals surface area contributed by atoms with Gasteiger partial charge in [0.15, 0.2) is 5.69 Å². The number of aromatic nitrogens is 3. The zero-order valence-electron chi connectivity index (χ0n) is 15.6. The van der Waals surface area contributed by atoms with Crippen molar-refractivity contribution in [3.05, 3.63) is 102 Å².